The highest BCUT2D eigenvalue weighted by Gasteiger charge is 2.27. The zero-order valence-corrected chi connectivity index (χ0v) is 12.7. The lowest BCUT2D eigenvalue weighted by Crippen LogP contribution is -2.38. The van der Waals surface area contributed by atoms with Crippen LogP contribution in [-0.2, 0) is 23.0 Å². The van der Waals surface area contributed by atoms with Crippen molar-refractivity contribution in [1.82, 2.24) is 14.8 Å². The SMILES string of the molecule is CCCCS(=O)(=O)N1CCc2nc(C(=O)NO)ccc2C1. The quantitative estimate of drug-likeness (QED) is 0.615. The summed E-state index contributed by atoms with van der Waals surface area (Å²) in [6.45, 7) is 2.62. The third kappa shape index (κ3) is 3.58. The highest BCUT2D eigenvalue weighted by Crippen LogP contribution is 2.21. The van der Waals surface area contributed by atoms with Crippen LogP contribution in [0.15, 0.2) is 12.1 Å². The molecule has 21 heavy (non-hydrogen) atoms. The first-order valence-corrected chi connectivity index (χ1v) is 8.50. The van der Waals surface area contributed by atoms with Gasteiger partial charge in [-0.3, -0.25) is 10.0 Å². The average Bonchev–Trinajstić information content (AvgIpc) is 2.51. The predicted molar refractivity (Wildman–Crippen MR) is 76.3 cm³/mol. The van der Waals surface area contributed by atoms with Crippen LogP contribution >= 0.6 is 0 Å². The van der Waals surface area contributed by atoms with Gasteiger partial charge in [-0.05, 0) is 18.1 Å². The van der Waals surface area contributed by atoms with Gasteiger partial charge in [0.2, 0.25) is 10.0 Å². The standard InChI is InChI=1S/C13H19N3O4S/c1-2-3-8-21(19,20)16-7-6-11-10(9-16)4-5-12(14-11)13(17)15-18/h4-5,18H,2-3,6-9H2,1H3,(H,15,17). The maximum absolute atomic E-state index is 12.2. The van der Waals surface area contributed by atoms with Gasteiger partial charge in [0.05, 0.1) is 5.75 Å². The number of pyridine rings is 1. The lowest BCUT2D eigenvalue weighted by molar-refractivity contribution is 0.0700. The van der Waals surface area contributed by atoms with Gasteiger partial charge in [0, 0.05) is 25.2 Å². The van der Waals surface area contributed by atoms with Gasteiger partial charge in [0.25, 0.3) is 5.91 Å². The first-order valence-electron chi connectivity index (χ1n) is 6.89. The van der Waals surface area contributed by atoms with Crippen LogP contribution in [-0.4, -0.2) is 41.1 Å². The van der Waals surface area contributed by atoms with Crippen LogP contribution in [0.2, 0.25) is 0 Å². The molecule has 8 heteroatoms. The molecule has 116 valence electrons. The van der Waals surface area contributed by atoms with Gasteiger partial charge in [0.1, 0.15) is 5.69 Å². The third-order valence-corrected chi connectivity index (χ3v) is 5.40. The third-order valence-electron chi connectivity index (χ3n) is 3.50. The number of hydrogen-bond acceptors (Lipinski definition) is 5. The summed E-state index contributed by atoms with van der Waals surface area (Å²) in [6, 6.07) is 3.17. The maximum atomic E-state index is 12.2. The molecule has 0 fully saturated rings. The van der Waals surface area contributed by atoms with Gasteiger partial charge in [-0.2, -0.15) is 4.31 Å². The number of hydrogen-bond donors (Lipinski definition) is 2. The Kier molecular flexibility index (Phi) is 4.92. The molecule has 0 aliphatic carbocycles. The van der Waals surface area contributed by atoms with Gasteiger partial charge >= 0.3 is 0 Å². The number of sulfonamides is 1. The number of hydroxylamine groups is 1. The minimum atomic E-state index is -3.23. The van der Waals surface area contributed by atoms with Gasteiger partial charge in [-0.15, -0.1) is 0 Å². The fourth-order valence-electron chi connectivity index (χ4n) is 2.27. The van der Waals surface area contributed by atoms with Gasteiger partial charge in [-0.25, -0.2) is 18.9 Å². The fourth-order valence-corrected chi connectivity index (χ4v) is 3.88. The van der Waals surface area contributed by atoms with Crippen LogP contribution in [0, 0.1) is 0 Å². The van der Waals surface area contributed by atoms with Crippen molar-refractivity contribution in [2.24, 2.45) is 0 Å². The Balaban J connectivity index is 2.16. The van der Waals surface area contributed by atoms with Gasteiger partial charge in [-0.1, -0.05) is 19.4 Å². The number of nitrogens with zero attached hydrogens (tertiary/aromatic N) is 2. The monoisotopic (exact) mass is 313 g/mol. The van der Waals surface area contributed by atoms with Crippen molar-refractivity contribution >= 4 is 15.9 Å². The van der Waals surface area contributed by atoms with Crippen LogP contribution < -0.4 is 5.48 Å². The van der Waals surface area contributed by atoms with E-state index in [1.165, 1.54) is 15.9 Å². The molecule has 0 aromatic carbocycles. The summed E-state index contributed by atoms with van der Waals surface area (Å²) in [5, 5.41) is 8.60. The molecule has 1 aromatic heterocycles. The summed E-state index contributed by atoms with van der Waals surface area (Å²) in [4.78, 5) is 15.5. The summed E-state index contributed by atoms with van der Waals surface area (Å²) in [6.07, 6.45) is 1.96. The van der Waals surface area contributed by atoms with Crippen LogP contribution in [0.25, 0.3) is 0 Å². The molecule has 1 aromatic rings. The minimum Gasteiger partial charge on any atom is -0.288 e. The van der Waals surface area contributed by atoms with Crippen molar-refractivity contribution in [3.63, 3.8) is 0 Å². The second-order valence-electron chi connectivity index (χ2n) is 5.00. The van der Waals surface area contributed by atoms with Gasteiger partial charge in [0.15, 0.2) is 0 Å². The lowest BCUT2D eigenvalue weighted by atomic mass is 10.1. The van der Waals surface area contributed by atoms with E-state index < -0.39 is 15.9 Å². The largest absolute Gasteiger partial charge is 0.293 e. The Labute approximate surface area is 124 Å². The number of fused-ring (bicyclic) bond motifs is 1. The number of carbonyl (C=O) groups is 1. The molecule has 1 amide bonds. The van der Waals surface area contributed by atoms with E-state index in [0.29, 0.717) is 25.1 Å². The number of carbonyl (C=O) groups excluding carboxylic acids is 1. The molecule has 1 aliphatic heterocycles. The average molecular weight is 313 g/mol. The summed E-state index contributed by atoms with van der Waals surface area (Å²) in [5.41, 5.74) is 3.17. The summed E-state index contributed by atoms with van der Waals surface area (Å²) in [7, 11) is -3.23. The van der Waals surface area contributed by atoms with E-state index in [1.54, 1.807) is 6.07 Å². The molecule has 7 nitrogen and oxygen atoms in total. The summed E-state index contributed by atoms with van der Waals surface area (Å²) < 4.78 is 25.8. The molecule has 0 radical (unpaired) electrons. The first-order chi connectivity index (χ1) is 9.97. The highest BCUT2D eigenvalue weighted by atomic mass is 32.2. The maximum Gasteiger partial charge on any atom is 0.293 e. The Morgan fingerprint density at radius 3 is 2.90 bits per heavy atom. The van der Waals surface area contributed by atoms with Crippen molar-refractivity contribution < 1.29 is 18.4 Å². The van der Waals surface area contributed by atoms with Crippen molar-refractivity contribution in [3.8, 4) is 0 Å². The second kappa shape index (κ2) is 6.50. The van der Waals surface area contributed by atoms with Crippen molar-refractivity contribution in [2.75, 3.05) is 12.3 Å². The van der Waals surface area contributed by atoms with E-state index in [0.717, 1.165) is 12.0 Å². The normalized spacial score (nSPS) is 15.5. The van der Waals surface area contributed by atoms with E-state index in [-0.39, 0.29) is 18.0 Å². The van der Waals surface area contributed by atoms with E-state index >= 15 is 0 Å². The van der Waals surface area contributed by atoms with Crippen LogP contribution in [0.5, 0.6) is 0 Å². The molecule has 0 unspecified atom stereocenters. The van der Waals surface area contributed by atoms with E-state index in [4.69, 9.17) is 5.21 Å². The highest BCUT2D eigenvalue weighted by molar-refractivity contribution is 7.89. The summed E-state index contributed by atoms with van der Waals surface area (Å²) in [5.74, 6) is -0.507. The van der Waals surface area contributed by atoms with E-state index in [2.05, 4.69) is 4.98 Å². The molecule has 2 N–H and O–H groups in total. The van der Waals surface area contributed by atoms with Crippen LogP contribution in [0.3, 0.4) is 0 Å². The Morgan fingerprint density at radius 2 is 2.24 bits per heavy atom. The molecule has 0 saturated heterocycles. The van der Waals surface area contributed by atoms with Gasteiger partial charge < -0.3 is 0 Å². The molecule has 0 bridgehead atoms. The molecule has 0 atom stereocenters. The number of unbranched alkanes of at least 4 members (excludes halogenated alkanes) is 1. The second-order valence-corrected chi connectivity index (χ2v) is 7.08. The number of amides is 1. The summed E-state index contributed by atoms with van der Waals surface area (Å²) >= 11 is 0. The van der Waals surface area contributed by atoms with E-state index in [9.17, 15) is 13.2 Å². The molecule has 0 saturated carbocycles. The van der Waals surface area contributed by atoms with Crippen LogP contribution in [0.1, 0.15) is 41.5 Å². The topological polar surface area (TPSA) is 99.6 Å². The molecule has 2 rings (SSSR count). The Bertz CT molecular complexity index is 630. The van der Waals surface area contributed by atoms with Crippen molar-refractivity contribution in [1.29, 1.82) is 0 Å². The zero-order valence-electron chi connectivity index (χ0n) is 11.9. The fraction of sp³-hybridized carbons (Fsp3) is 0.538. The predicted octanol–water partition coefficient (Wildman–Crippen LogP) is 0.689. The molecule has 2 heterocycles. The van der Waals surface area contributed by atoms with Crippen molar-refractivity contribution in [3.05, 3.63) is 29.1 Å². The first kappa shape index (κ1) is 15.9. The smallest absolute Gasteiger partial charge is 0.288 e. The Hall–Kier alpha value is -1.51. The lowest BCUT2D eigenvalue weighted by Gasteiger charge is -2.27. The molecule has 0 spiro atoms. The Morgan fingerprint density at radius 1 is 1.48 bits per heavy atom. The molecular weight excluding hydrogens is 294 g/mol. The molecular formula is C13H19N3O4S. The van der Waals surface area contributed by atoms with Crippen LogP contribution in [0.4, 0.5) is 0 Å². The minimum absolute atomic E-state index is 0.124. The number of aromatic nitrogens is 1. The van der Waals surface area contributed by atoms with E-state index in [1.807, 2.05) is 6.92 Å². The number of nitrogens with one attached hydrogen (secondary N) is 1. The van der Waals surface area contributed by atoms with Crippen molar-refractivity contribution in [2.45, 2.75) is 32.7 Å². The number of rotatable bonds is 5. The molecule has 1 aliphatic rings. The zero-order chi connectivity index (χ0) is 15.5.